The molecule has 0 rings (SSSR count). The Hall–Kier alpha value is 1.20. The van der Waals surface area contributed by atoms with Gasteiger partial charge in [-0.1, -0.05) is 0 Å². The first kappa shape index (κ1) is 15.7. The molecule has 0 radical (unpaired) electrons. The summed E-state index contributed by atoms with van der Waals surface area (Å²) in [4.78, 5) is 0. The van der Waals surface area contributed by atoms with Crippen molar-refractivity contribution in [2.75, 3.05) is 0 Å². The zero-order valence-electron chi connectivity index (χ0n) is 3.71. The number of nitrogens with zero attached hydrogens (tertiary/aromatic N) is 2. The molecule has 24 valence electrons. The molecule has 0 atom stereocenters. The summed E-state index contributed by atoms with van der Waals surface area (Å²) in [5.74, 6) is 0. The summed E-state index contributed by atoms with van der Waals surface area (Å²) in [6, 6.07) is 0. The van der Waals surface area contributed by atoms with Crippen LogP contribution in [0.5, 0.6) is 0 Å². The SMILES string of the molecule is [Na+].[Na+].[O-]/N=N/[O-]. The predicted octanol–water partition coefficient (Wildman–Crippen LogP) is -5.56. The molecule has 0 aromatic rings. The van der Waals surface area contributed by atoms with Gasteiger partial charge in [-0.2, -0.15) is 0 Å². The van der Waals surface area contributed by atoms with E-state index in [2.05, 4.69) is 0 Å². The Balaban J connectivity index is -0.0000000450. The molecule has 0 saturated heterocycles. The Morgan fingerprint density at radius 3 is 1.00 bits per heavy atom. The second-order valence-electron chi connectivity index (χ2n) is 0.163. The summed E-state index contributed by atoms with van der Waals surface area (Å²) in [6.07, 6.45) is 0. The third kappa shape index (κ3) is 19.0. The predicted molar refractivity (Wildman–Crippen MR) is 11.6 cm³/mol. The molecule has 4 nitrogen and oxygen atoms in total. The summed E-state index contributed by atoms with van der Waals surface area (Å²) in [7, 11) is 0. The van der Waals surface area contributed by atoms with Gasteiger partial charge in [-0.3, -0.25) is 0 Å². The average Bonchev–Trinajstić information content (AvgIpc) is 1.37. The Morgan fingerprint density at radius 1 is 0.833 bits per heavy atom. The van der Waals surface area contributed by atoms with E-state index >= 15 is 0 Å². The molecule has 0 heterocycles. The molecule has 0 spiro atoms. The van der Waals surface area contributed by atoms with Gasteiger partial charge in [-0.05, 0) is 0 Å². The number of hydrogen-bond acceptors (Lipinski definition) is 4. The molecule has 0 bridgehead atoms. The van der Waals surface area contributed by atoms with E-state index in [1.165, 1.54) is 0 Å². The maximum Gasteiger partial charge on any atom is 1.00 e. The van der Waals surface area contributed by atoms with Gasteiger partial charge < -0.3 is 10.4 Å². The first-order valence-electron chi connectivity index (χ1n) is 0.565. The maximum absolute atomic E-state index is 8.44. The first-order valence-corrected chi connectivity index (χ1v) is 0.565. The number of hydrogen-bond donors (Lipinski definition) is 0. The standard InChI is InChI=1S/H2N2O2.2Na/c3-1-2-4;;/h(H,1,4)(H,2,3);;/q;2*+1/p-2. The molecule has 0 unspecified atom stereocenters. The Labute approximate surface area is 79.1 Å². The molecule has 0 aliphatic carbocycles. The van der Waals surface area contributed by atoms with E-state index < -0.39 is 0 Å². The molecule has 0 aromatic carbocycles. The normalized spacial score (nSPS) is 6.00. The quantitative estimate of drug-likeness (QED) is 0.175. The van der Waals surface area contributed by atoms with Crippen LogP contribution in [0.4, 0.5) is 0 Å². The molecular formula is N2Na2O2. The van der Waals surface area contributed by atoms with Crippen LogP contribution in [0.3, 0.4) is 0 Å². The van der Waals surface area contributed by atoms with Crippen molar-refractivity contribution in [3.8, 4) is 0 Å². The van der Waals surface area contributed by atoms with Crippen molar-refractivity contribution in [3.05, 3.63) is 10.4 Å². The molecule has 0 aliphatic rings. The largest absolute Gasteiger partial charge is 1.00 e. The van der Waals surface area contributed by atoms with Gasteiger partial charge in [0, 0.05) is 0 Å². The molecule has 6 heteroatoms. The minimum Gasteiger partial charge on any atom is -0.775 e. The van der Waals surface area contributed by atoms with Gasteiger partial charge in [0.25, 0.3) is 0 Å². The zero-order chi connectivity index (χ0) is 3.41. The van der Waals surface area contributed by atoms with Crippen LogP contribution in [0.25, 0.3) is 0 Å². The van der Waals surface area contributed by atoms with E-state index in [4.69, 9.17) is 10.4 Å². The monoisotopic (exact) mass is 106 g/mol. The van der Waals surface area contributed by atoms with Crippen LogP contribution in [0.15, 0.2) is 10.6 Å². The second kappa shape index (κ2) is 16.4. The van der Waals surface area contributed by atoms with Crippen LogP contribution in [-0.2, 0) is 0 Å². The third-order valence-electron chi connectivity index (χ3n) is 0.0333. The Morgan fingerprint density at radius 2 is 1.00 bits per heavy atom. The van der Waals surface area contributed by atoms with Gasteiger partial charge in [0.1, 0.15) is 0 Å². The fourth-order valence-corrected chi connectivity index (χ4v) is 0. The van der Waals surface area contributed by atoms with Crippen molar-refractivity contribution < 1.29 is 59.1 Å². The third-order valence-corrected chi connectivity index (χ3v) is 0.0333. The number of rotatable bonds is 0. The average molecular weight is 106 g/mol. The fourth-order valence-electron chi connectivity index (χ4n) is 0. The van der Waals surface area contributed by atoms with Crippen molar-refractivity contribution in [2.24, 2.45) is 10.6 Å². The van der Waals surface area contributed by atoms with Crippen LogP contribution in [0, 0.1) is 10.4 Å². The van der Waals surface area contributed by atoms with Gasteiger partial charge in [-0.15, -0.1) is 0 Å². The molecule has 0 amide bonds. The van der Waals surface area contributed by atoms with Gasteiger partial charge in [0.05, 0.1) is 0 Å². The topological polar surface area (TPSA) is 70.8 Å². The van der Waals surface area contributed by atoms with Crippen LogP contribution in [-0.4, -0.2) is 0 Å². The minimum atomic E-state index is 0. The van der Waals surface area contributed by atoms with E-state index in [1.807, 2.05) is 0 Å². The first-order chi connectivity index (χ1) is 1.91. The van der Waals surface area contributed by atoms with E-state index in [0.29, 0.717) is 0 Å². The van der Waals surface area contributed by atoms with Crippen LogP contribution in [0.2, 0.25) is 0 Å². The Kier molecular flexibility index (Phi) is 42.8. The van der Waals surface area contributed by atoms with E-state index in [1.54, 1.807) is 10.6 Å². The molecule has 0 aliphatic heterocycles. The fraction of sp³-hybridized carbons (Fsp3) is 0. The minimum absolute atomic E-state index is 0. The van der Waals surface area contributed by atoms with Gasteiger partial charge in [0.15, 0.2) is 0 Å². The molecular weight excluding hydrogens is 106 g/mol. The molecule has 0 aromatic heterocycles. The smallest absolute Gasteiger partial charge is 0.775 e. The summed E-state index contributed by atoms with van der Waals surface area (Å²) in [6.45, 7) is 0. The molecule has 0 saturated carbocycles. The van der Waals surface area contributed by atoms with Crippen molar-refractivity contribution >= 4 is 0 Å². The summed E-state index contributed by atoms with van der Waals surface area (Å²) < 4.78 is 0. The molecule has 0 N–H and O–H groups in total. The molecule has 0 fully saturated rings. The van der Waals surface area contributed by atoms with E-state index in [9.17, 15) is 0 Å². The Bertz CT molecular complexity index is 24.7. The van der Waals surface area contributed by atoms with Crippen LogP contribution < -0.4 is 59.1 Å². The second-order valence-corrected chi connectivity index (χ2v) is 0.163. The van der Waals surface area contributed by atoms with Gasteiger partial charge in [-0.25, -0.2) is 10.6 Å². The maximum atomic E-state index is 8.44. The summed E-state index contributed by atoms with van der Waals surface area (Å²) in [5, 5.41) is 20.0. The van der Waals surface area contributed by atoms with Crippen LogP contribution in [0.1, 0.15) is 0 Å². The van der Waals surface area contributed by atoms with Gasteiger partial charge in [0.2, 0.25) is 0 Å². The molecule has 6 heavy (non-hydrogen) atoms. The van der Waals surface area contributed by atoms with Crippen LogP contribution >= 0.6 is 0 Å². The van der Waals surface area contributed by atoms with Gasteiger partial charge >= 0.3 is 59.1 Å². The van der Waals surface area contributed by atoms with E-state index in [0.717, 1.165) is 0 Å². The zero-order valence-corrected chi connectivity index (χ0v) is 7.71. The van der Waals surface area contributed by atoms with Crippen molar-refractivity contribution in [1.82, 2.24) is 0 Å². The summed E-state index contributed by atoms with van der Waals surface area (Å²) in [5.41, 5.74) is 0. The van der Waals surface area contributed by atoms with E-state index in [-0.39, 0.29) is 59.1 Å². The van der Waals surface area contributed by atoms with Crippen molar-refractivity contribution in [1.29, 1.82) is 0 Å². The van der Waals surface area contributed by atoms with Crippen molar-refractivity contribution in [2.45, 2.75) is 0 Å². The van der Waals surface area contributed by atoms with Crippen molar-refractivity contribution in [3.63, 3.8) is 0 Å². The summed E-state index contributed by atoms with van der Waals surface area (Å²) >= 11 is 0.